The number of hydrogen-bond donors (Lipinski definition) is 1. The number of nitrogens with zero attached hydrogens (tertiary/aromatic N) is 1. The molecule has 0 bridgehead atoms. The fourth-order valence-electron chi connectivity index (χ4n) is 3.25. The molecule has 0 aromatic heterocycles. The van der Waals surface area contributed by atoms with Crippen molar-refractivity contribution < 1.29 is 9.47 Å². The van der Waals surface area contributed by atoms with Crippen LogP contribution in [0, 0.1) is 0 Å². The first-order valence-electron chi connectivity index (χ1n) is 9.90. The zero-order chi connectivity index (χ0) is 18.5. The Balaban J connectivity index is 1.33. The van der Waals surface area contributed by atoms with Crippen molar-refractivity contribution in [3.63, 3.8) is 0 Å². The highest BCUT2D eigenvalue weighted by Gasteiger charge is 2.25. The van der Waals surface area contributed by atoms with Gasteiger partial charge in [0.15, 0.2) is 0 Å². The smallest absolute Gasteiger partial charge is 0.0984 e. The van der Waals surface area contributed by atoms with Crippen LogP contribution in [0.3, 0.4) is 0 Å². The zero-order valence-electron chi connectivity index (χ0n) is 15.8. The van der Waals surface area contributed by atoms with E-state index in [1.54, 1.807) is 0 Å². The summed E-state index contributed by atoms with van der Waals surface area (Å²) in [6.45, 7) is 4.61. The Bertz CT molecular complexity index is 712. The van der Waals surface area contributed by atoms with Gasteiger partial charge in [-0.15, -0.1) is 0 Å². The first-order valence-corrected chi connectivity index (χ1v) is 9.90. The van der Waals surface area contributed by atoms with Gasteiger partial charge in [-0.3, -0.25) is 0 Å². The SMILES string of the molecule is [B]CCCN(CC1CO1)c1ccc(Cc2ccc(NCC3CO3)cc2)cc1. The molecule has 2 radical (unpaired) electrons. The van der Waals surface area contributed by atoms with Gasteiger partial charge in [0.25, 0.3) is 0 Å². The van der Waals surface area contributed by atoms with E-state index in [1.165, 1.54) is 16.8 Å². The molecule has 2 fully saturated rings. The molecule has 5 heteroatoms. The van der Waals surface area contributed by atoms with E-state index in [2.05, 4.69) is 58.7 Å². The maximum Gasteiger partial charge on any atom is 0.0984 e. The van der Waals surface area contributed by atoms with Crippen molar-refractivity contribution in [1.29, 1.82) is 0 Å². The first kappa shape index (κ1) is 18.4. The van der Waals surface area contributed by atoms with Gasteiger partial charge in [-0.05, 0) is 48.2 Å². The van der Waals surface area contributed by atoms with Crippen LogP contribution in [0.4, 0.5) is 11.4 Å². The minimum Gasteiger partial charge on any atom is -0.382 e. The lowest BCUT2D eigenvalue weighted by Gasteiger charge is -2.24. The Morgan fingerprint density at radius 3 is 2.15 bits per heavy atom. The highest BCUT2D eigenvalue weighted by molar-refractivity contribution is 6.08. The van der Waals surface area contributed by atoms with Crippen LogP contribution < -0.4 is 10.2 Å². The van der Waals surface area contributed by atoms with Crippen LogP contribution in [-0.4, -0.2) is 52.9 Å². The second-order valence-corrected chi connectivity index (χ2v) is 7.42. The Kier molecular flexibility index (Phi) is 6.00. The van der Waals surface area contributed by atoms with Gasteiger partial charge in [0.05, 0.1) is 33.3 Å². The molecule has 2 heterocycles. The summed E-state index contributed by atoms with van der Waals surface area (Å²) in [4.78, 5) is 2.39. The van der Waals surface area contributed by atoms with Crippen molar-refractivity contribution >= 4 is 19.2 Å². The minimum atomic E-state index is 0.390. The molecule has 2 unspecified atom stereocenters. The predicted molar refractivity (Wildman–Crippen MR) is 111 cm³/mol. The lowest BCUT2D eigenvalue weighted by atomic mass is 10.0. The third-order valence-electron chi connectivity index (χ3n) is 5.06. The summed E-state index contributed by atoms with van der Waals surface area (Å²) < 4.78 is 10.6. The third-order valence-corrected chi connectivity index (χ3v) is 5.06. The Morgan fingerprint density at radius 1 is 0.926 bits per heavy atom. The van der Waals surface area contributed by atoms with Gasteiger partial charge in [-0.1, -0.05) is 30.6 Å². The molecule has 0 amide bonds. The van der Waals surface area contributed by atoms with E-state index >= 15 is 0 Å². The standard InChI is InChI=1S/C22H27BN2O2/c23-10-1-11-25(14-22-16-27-22)20-8-4-18(5-9-20)12-17-2-6-19(7-3-17)24-13-21-15-26-21/h2-9,21-22,24H,1,10-16H2. The van der Waals surface area contributed by atoms with E-state index in [0.717, 1.165) is 57.7 Å². The van der Waals surface area contributed by atoms with Crippen molar-refractivity contribution in [2.45, 2.75) is 31.4 Å². The van der Waals surface area contributed by atoms with Crippen molar-refractivity contribution in [3.8, 4) is 0 Å². The lowest BCUT2D eigenvalue weighted by Crippen LogP contribution is -2.28. The number of benzene rings is 2. The number of hydrogen-bond acceptors (Lipinski definition) is 4. The fourth-order valence-corrected chi connectivity index (χ4v) is 3.25. The van der Waals surface area contributed by atoms with E-state index in [1.807, 2.05) is 0 Å². The molecular weight excluding hydrogens is 335 g/mol. The maximum atomic E-state index is 5.69. The first-order chi connectivity index (χ1) is 13.3. The molecule has 2 aliphatic rings. The van der Waals surface area contributed by atoms with Crippen LogP contribution in [0.15, 0.2) is 48.5 Å². The highest BCUT2D eigenvalue weighted by atomic mass is 16.6. The van der Waals surface area contributed by atoms with E-state index in [-0.39, 0.29) is 0 Å². The number of epoxide rings is 2. The van der Waals surface area contributed by atoms with Gasteiger partial charge < -0.3 is 19.7 Å². The second-order valence-electron chi connectivity index (χ2n) is 7.42. The molecule has 2 aromatic rings. The Hall–Kier alpha value is -1.98. The summed E-state index contributed by atoms with van der Waals surface area (Å²) in [5.74, 6) is 0. The number of rotatable bonds is 11. The predicted octanol–water partition coefficient (Wildman–Crippen LogP) is 3.27. The summed E-state index contributed by atoms with van der Waals surface area (Å²) >= 11 is 0. The van der Waals surface area contributed by atoms with Crippen molar-refractivity contribution in [2.24, 2.45) is 0 Å². The molecule has 140 valence electrons. The lowest BCUT2D eigenvalue weighted by molar-refractivity contribution is 0.407. The van der Waals surface area contributed by atoms with Crippen molar-refractivity contribution in [3.05, 3.63) is 59.7 Å². The topological polar surface area (TPSA) is 40.3 Å². The molecule has 4 rings (SSSR count). The fraction of sp³-hybridized carbons (Fsp3) is 0.455. The average Bonchev–Trinajstić information content (AvgIpc) is 3.61. The van der Waals surface area contributed by atoms with Crippen LogP contribution in [0.2, 0.25) is 6.32 Å². The second kappa shape index (κ2) is 8.81. The zero-order valence-corrected chi connectivity index (χ0v) is 15.8. The minimum absolute atomic E-state index is 0.390. The monoisotopic (exact) mass is 362 g/mol. The number of ether oxygens (including phenoxy) is 2. The number of nitrogens with one attached hydrogen (secondary N) is 1. The summed E-state index contributed by atoms with van der Waals surface area (Å²) in [6, 6.07) is 17.6. The Morgan fingerprint density at radius 2 is 1.56 bits per heavy atom. The van der Waals surface area contributed by atoms with Crippen LogP contribution in [0.25, 0.3) is 0 Å². The quantitative estimate of drug-likeness (QED) is 0.492. The summed E-state index contributed by atoms with van der Waals surface area (Å²) in [6.07, 6.45) is 3.46. The highest BCUT2D eigenvalue weighted by Crippen LogP contribution is 2.22. The molecule has 2 atom stereocenters. The molecule has 1 N–H and O–H groups in total. The van der Waals surface area contributed by atoms with E-state index < -0.39 is 0 Å². The van der Waals surface area contributed by atoms with E-state index in [0.29, 0.717) is 12.2 Å². The number of anilines is 2. The summed E-state index contributed by atoms with van der Waals surface area (Å²) in [5.41, 5.74) is 5.06. The van der Waals surface area contributed by atoms with Crippen LogP contribution in [-0.2, 0) is 15.9 Å². The van der Waals surface area contributed by atoms with Gasteiger partial charge in [0.2, 0.25) is 0 Å². The molecule has 2 saturated heterocycles. The van der Waals surface area contributed by atoms with Gasteiger partial charge in [-0.25, -0.2) is 0 Å². The molecule has 0 spiro atoms. The average molecular weight is 362 g/mol. The molecule has 27 heavy (non-hydrogen) atoms. The summed E-state index contributed by atoms with van der Waals surface area (Å²) in [7, 11) is 5.69. The van der Waals surface area contributed by atoms with Crippen LogP contribution in [0.1, 0.15) is 17.5 Å². The van der Waals surface area contributed by atoms with Crippen LogP contribution in [0.5, 0.6) is 0 Å². The Labute approximate surface area is 163 Å². The van der Waals surface area contributed by atoms with Crippen LogP contribution >= 0.6 is 0 Å². The van der Waals surface area contributed by atoms with Crippen molar-refractivity contribution in [1.82, 2.24) is 0 Å². The molecule has 2 aliphatic heterocycles. The molecule has 2 aromatic carbocycles. The molecule has 0 aliphatic carbocycles. The maximum absolute atomic E-state index is 5.69. The largest absolute Gasteiger partial charge is 0.382 e. The molecular formula is C22H27BN2O2. The molecule has 0 saturated carbocycles. The van der Waals surface area contributed by atoms with Gasteiger partial charge in [0, 0.05) is 31.0 Å². The molecule has 4 nitrogen and oxygen atoms in total. The van der Waals surface area contributed by atoms with Crippen molar-refractivity contribution in [2.75, 3.05) is 43.1 Å². The van der Waals surface area contributed by atoms with E-state index in [9.17, 15) is 0 Å². The normalized spacial score (nSPS) is 20.3. The van der Waals surface area contributed by atoms with Gasteiger partial charge >= 0.3 is 0 Å². The van der Waals surface area contributed by atoms with E-state index in [4.69, 9.17) is 17.3 Å². The third kappa shape index (κ3) is 5.75. The van der Waals surface area contributed by atoms with Gasteiger partial charge in [-0.2, -0.15) is 0 Å². The van der Waals surface area contributed by atoms with Gasteiger partial charge in [0.1, 0.15) is 0 Å². The summed E-state index contributed by atoms with van der Waals surface area (Å²) in [5, 5.41) is 3.41.